The third kappa shape index (κ3) is 4.35. The summed E-state index contributed by atoms with van der Waals surface area (Å²) in [6.45, 7) is 2.02. The standard InChI is InChI=1S/C19H19N3O5/c1-3-22(12-18(23)20-13-6-8-14(25-2)9-7-13)19(24)15-11-17(27-21-15)16-5-4-10-26-16/h4-11H,3,12H2,1-2H3,(H,20,23). The van der Waals surface area contributed by atoms with Crippen molar-refractivity contribution in [3.8, 4) is 17.3 Å². The topological polar surface area (TPSA) is 97.8 Å². The van der Waals surface area contributed by atoms with E-state index < -0.39 is 5.91 Å². The van der Waals surface area contributed by atoms with Crippen LogP contribution in [0.2, 0.25) is 0 Å². The van der Waals surface area contributed by atoms with Crippen LogP contribution in [0.1, 0.15) is 17.4 Å². The van der Waals surface area contributed by atoms with Gasteiger partial charge >= 0.3 is 0 Å². The van der Waals surface area contributed by atoms with E-state index in [0.717, 1.165) is 0 Å². The summed E-state index contributed by atoms with van der Waals surface area (Å²) in [5.74, 6) is 0.801. The third-order valence-electron chi connectivity index (χ3n) is 3.87. The average Bonchev–Trinajstić information content (AvgIpc) is 3.37. The van der Waals surface area contributed by atoms with Gasteiger partial charge in [0.1, 0.15) is 12.3 Å². The molecule has 1 N–H and O–H groups in total. The maximum atomic E-state index is 12.6. The van der Waals surface area contributed by atoms with Crippen LogP contribution in [0.25, 0.3) is 11.5 Å². The van der Waals surface area contributed by atoms with Crippen molar-refractivity contribution in [2.75, 3.05) is 25.5 Å². The largest absolute Gasteiger partial charge is 0.497 e. The van der Waals surface area contributed by atoms with E-state index in [4.69, 9.17) is 13.7 Å². The molecule has 0 unspecified atom stereocenters. The first-order valence-corrected chi connectivity index (χ1v) is 8.34. The van der Waals surface area contributed by atoms with Crippen LogP contribution in [0.5, 0.6) is 5.75 Å². The van der Waals surface area contributed by atoms with Crippen LogP contribution in [0, 0.1) is 0 Å². The molecule has 0 aliphatic carbocycles. The quantitative estimate of drug-likeness (QED) is 0.687. The predicted molar refractivity (Wildman–Crippen MR) is 97.4 cm³/mol. The molecule has 27 heavy (non-hydrogen) atoms. The Balaban J connectivity index is 1.63. The van der Waals surface area contributed by atoms with Crippen LogP contribution in [0.4, 0.5) is 5.69 Å². The molecule has 0 aliphatic rings. The first-order chi connectivity index (χ1) is 13.1. The molecular formula is C19H19N3O5. The minimum Gasteiger partial charge on any atom is -0.497 e. The van der Waals surface area contributed by atoms with Crippen LogP contribution in [0.15, 0.2) is 57.7 Å². The lowest BCUT2D eigenvalue weighted by Gasteiger charge is -2.19. The fourth-order valence-corrected chi connectivity index (χ4v) is 2.45. The summed E-state index contributed by atoms with van der Waals surface area (Å²) in [4.78, 5) is 26.3. The van der Waals surface area contributed by atoms with Crippen LogP contribution in [-0.2, 0) is 4.79 Å². The number of carbonyl (C=O) groups is 2. The molecule has 0 spiro atoms. The highest BCUT2D eigenvalue weighted by Crippen LogP contribution is 2.21. The number of rotatable bonds is 7. The highest BCUT2D eigenvalue weighted by molar-refractivity contribution is 5.98. The molecule has 0 aliphatic heterocycles. The molecule has 0 saturated heterocycles. The first kappa shape index (κ1) is 18.2. The van der Waals surface area contributed by atoms with E-state index in [1.54, 1.807) is 50.4 Å². The highest BCUT2D eigenvalue weighted by Gasteiger charge is 2.22. The van der Waals surface area contributed by atoms with E-state index >= 15 is 0 Å². The number of hydrogen-bond donors (Lipinski definition) is 1. The van der Waals surface area contributed by atoms with Crippen molar-refractivity contribution in [1.82, 2.24) is 10.1 Å². The minimum absolute atomic E-state index is 0.107. The summed E-state index contributed by atoms with van der Waals surface area (Å²) in [7, 11) is 1.57. The number of anilines is 1. The van der Waals surface area contributed by atoms with E-state index in [2.05, 4.69) is 10.5 Å². The molecule has 2 heterocycles. The Hall–Kier alpha value is -3.55. The number of amides is 2. The summed E-state index contributed by atoms with van der Waals surface area (Å²) in [5, 5.41) is 6.52. The first-order valence-electron chi connectivity index (χ1n) is 8.34. The second-order valence-corrected chi connectivity index (χ2v) is 5.65. The highest BCUT2D eigenvalue weighted by atomic mass is 16.5. The maximum absolute atomic E-state index is 12.6. The Bertz CT molecular complexity index is 900. The number of aromatic nitrogens is 1. The molecule has 1 aromatic carbocycles. The second kappa shape index (κ2) is 8.22. The van der Waals surface area contributed by atoms with E-state index in [9.17, 15) is 9.59 Å². The normalized spacial score (nSPS) is 10.4. The zero-order valence-electron chi connectivity index (χ0n) is 15.0. The molecule has 0 fully saturated rings. The number of furan rings is 1. The Morgan fingerprint density at radius 3 is 2.59 bits per heavy atom. The number of carbonyl (C=O) groups excluding carboxylic acids is 2. The van der Waals surface area contributed by atoms with Gasteiger partial charge in [0.2, 0.25) is 11.7 Å². The number of hydrogen-bond acceptors (Lipinski definition) is 6. The van der Waals surface area contributed by atoms with Gasteiger partial charge in [-0.2, -0.15) is 0 Å². The molecule has 140 valence electrons. The van der Waals surface area contributed by atoms with Gasteiger partial charge < -0.3 is 23.9 Å². The molecule has 2 aromatic heterocycles. The van der Waals surface area contributed by atoms with Gasteiger partial charge in [0.05, 0.1) is 13.4 Å². The molecule has 3 aromatic rings. The van der Waals surface area contributed by atoms with Crippen molar-refractivity contribution < 1.29 is 23.3 Å². The molecule has 0 atom stereocenters. The van der Waals surface area contributed by atoms with Crippen molar-refractivity contribution >= 4 is 17.5 Å². The molecule has 0 radical (unpaired) electrons. The van der Waals surface area contributed by atoms with E-state index in [1.807, 2.05) is 0 Å². The van der Waals surface area contributed by atoms with Crippen LogP contribution in [-0.4, -0.2) is 42.1 Å². The zero-order valence-corrected chi connectivity index (χ0v) is 15.0. The summed E-state index contributed by atoms with van der Waals surface area (Å²) in [5.41, 5.74) is 0.728. The molecule has 2 amide bonds. The van der Waals surface area contributed by atoms with Gasteiger partial charge in [0, 0.05) is 18.3 Å². The van der Waals surface area contributed by atoms with Crippen molar-refractivity contribution in [1.29, 1.82) is 0 Å². The summed E-state index contributed by atoms with van der Waals surface area (Å²) in [6.07, 6.45) is 1.50. The second-order valence-electron chi connectivity index (χ2n) is 5.65. The number of methoxy groups -OCH3 is 1. The van der Waals surface area contributed by atoms with Crippen LogP contribution in [0.3, 0.4) is 0 Å². The molecule has 8 heteroatoms. The van der Waals surface area contributed by atoms with Crippen LogP contribution >= 0.6 is 0 Å². The lowest BCUT2D eigenvalue weighted by molar-refractivity contribution is -0.116. The molecule has 3 rings (SSSR count). The van der Waals surface area contributed by atoms with Gasteiger partial charge in [-0.15, -0.1) is 0 Å². The molecular weight excluding hydrogens is 350 g/mol. The van der Waals surface area contributed by atoms with Gasteiger partial charge in [0.25, 0.3) is 5.91 Å². The average molecular weight is 369 g/mol. The number of benzene rings is 1. The number of ether oxygens (including phenoxy) is 1. The lowest BCUT2D eigenvalue weighted by Crippen LogP contribution is -2.38. The smallest absolute Gasteiger partial charge is 0.276 e. The summed E-state index contributed by atoms with van der Waals surface area (Å²) >= 11 is 0. The number of likely N-dealkylation sites (N-methyl/N-ethyl adjacent to an activating group) is 1. The summed E-state index contributed by atoms with van der Waals surface area (Å²) < 4.78 is 15.4. The molecule has 0 saturated carbocycles. The van der Waals surface area contributed by atoms with Gasteiger partial charge in [0.15, 0.2) is 11.5 Å². The maximum Gasteiger partial charge on any atom is 0.276 e. The predicted octanol–water partition coefficient (Wildman–Crippen LogP) is 3.04. The van der Waals surface area contributed by atoms with Gasteiger partial charge in [-0.05, 0) is 43.3 Å². The van der Waals surface area contributed by atoms with Crippen LogP contribution < -0.4 is 10.1 Å². The van der Waals surface area contributed by atoms with Crippen molar-refractivity contribution in [2.45, 2.75) is 6.92 Å². The lowest BCUT2D eigenvalue weighted by atomic mass is 10.2. The zero-order chi connectivity index (χ0) is 19.2. The van der Waals surface area contributed by atoms with E-state index in [-0.39, 0.29) is 18.1 Å². The third-order valence-corrected chi connectivity index (χ3v) is 3.87. The molecule has 0 bridgehead atoms. The van der Waals surface area contributed by atoms with Gasteiger partial charge in [-0.3, -0.25) is 9.59 Å². The van der Waals surface area contributed by atoms with E-state index in [1.165, 1.54) is 17.2 Å². The minimum atomic E-state index is -0.399. The monoisotopic (exact) mass is 369 g/mol. The Morgan fingerprint density at radius 1 is 1.19 bits per heavy atom. The Labute approximate surface area is 155 Å². The van der Waals surface area contributed by atoms with Crippen molar-refractivity contribution in [3.63, 3.8) is 0 Å². The fourth-order valence-electron chi connectivity index (χ4n) is 2.45. The van der Waals surface area contributed by atoms with Gasteiger partial charge in [-0.25, -0.2) is 0 Å². The number of nitrogens with zero attached hydrogens (tertiary/aromatic N) is 2. The van der Waals surface area contributed by atoms with Crippen molar-refractivity contribution in [3.05, 3.63) is 54.4 Å². The SMILES string of the molecule is CCN(CC(=O)Nc1ccc(OC)cc1)C(=O)c1cc(-c2ccco2)on1. The van der Waals surface area contributed by atoms with E-state index in [0.29, 0.717) is 29.5 Å². The number of nitrogens with one attached hydrogen (secondary N) is 1. The molecule has 8 nitrogen and oxygen atoms in total. The Kier molecular flexibility index (Phi) is 5.55. The van der Waals surface area contributed by atoms with Gasteiger partial charge in [-0.1, -0.05) is 5.16 Å². The van der Waals surface area contributed by atoms with Crippen molar-refractivity contribution in [2.24, 2.45) is 0 Å². The fraction of sp³-hybridized carbons (Fsp3) is 0.211. The Morgan fingerprint density at radius 2 is 1.96 bits per heavy atom. The summed E-state index contributed by atoms with van der Waals surface area (Å²) in [6, 6.07) is 11.8.